The first-order valence-electron chi connectivity index (χ1n) is 11.2. The number of likely N-dealkylation sites (tertiary alicyclic amines) is 1. The fourth-order valence-electron chi connectivity index (χ4n) is 4.42. The largest absolute Gasteiger partial charge is 0.382 e. The van der Waals surface area contributed by atoms with Crippen molar-refractivity contribution in [2.24, 2.45) is 0 Å². The quantitative estimate of drug-likeness (QED) is 0.448. The van der Waals surface area contributed by atoms with Gasteiger partial charge in [-0.15, -0.1) is 5.92 Å². The molecule has 8 heteroatoms. The molecule has 170 valence electrons. The lowest BCUT2D eigenvalue weighted by molar-refractivity contribution is 0.102. The molecule has 5 rings (SSSR count). The van der Waals surface area contributed by atoms with Crippen molar-refractivity contribution in [2.75, 3.05) is 24.1 Å². The van der Waals surface area contributed by atoms with E-state index >= 15 is 0 Å². The van der Waals surface area contributed by atoms with E-state index in [-0.39, 0.29) is 11.9 Å². The van der Waals surface area contributed by atoms with Crippen LogP contribution in [0.5, 0.6) is 0 Å². The standard InChI is InChI=1S/C26H25N7O/c1-2-3-15-32-16-6-7-20(32)25-31-22(23-24(27)29-14-17-33(23)25)18-9-11-19(12-10-18)26(34)30-21-8-4-5-13-28-21/h4-5,8-14,17,20H,6-7,15-16H2,1H3,(H2,27,29)(H,28,30,34)/t20-/m0/s1. The average Bonchev–Trinajstić information content (AvgIpc) is 3.48. The van der Waals surface area contributed by atoms with Crippen LogP contribution in [0.4, 0.5) is 11.6 Å². The second-order valence-electron chi connectivity index (χ2n) is 8.15. The summed E-state index contributed by atoms with van der Waals surface area (Å²) in [6.07, 6.45) is 7.36. The summed E-state index contributed by atoms with van der Waals surface area (Å²) >= 11 is 0. The summed E-state index contributed by atoms with van der Waals surface area (Å²) in [7, 11) is 0. The maximum Gasteiger partial charge on any atom is 0.256 e. The minimum atomic E-state index is -0.222. The van der Waals surface area contributed by atoms with Crippen LogP contribution in [0.25, 0.3) is 16.8 Å². The second-order valence-corrected chi connectivity index (χ2v) is 8.15. The van der Waals surface area contributed by atoms with Crippen molar-refractivity contribution in [3.63, 3.8) is 0 Å². The number of hydrogen-bond donors (Lipinski definition) is 2. The molecule has 0 spiro atoms. The highest BCUT2D eigenvalue weighted by atomic mass is 16.1. The number of imidazole rings is 1. The number of nitrogens with one attached hydrogen (secondary N) is 1. The minimum absolute atomic E-state index is 0.160. The third-order valence-corrected chi connectivity index (χ3v) is 6.06. The summed E-state index contributed by atoms with van der Waals surface area (Å²) in [4.78, 5) is 28.5. The van der Waals surface area contributed by atoms with E-state index in [1.807, 2.05) is 35.7 Å². The first-order valence-corrected chi connectivity index (χ1v) is 11.2. The summed E-state index contributed by atoms with van der Waals surface area (Å²) in [5, 5.41) is 2.80. The van der Waals surface area contributed by atoms with Crippen LogP contribution in [0.15, 0.2) is 61.1 Å². The number of anilines is 2. The van der Waals surface area contributed by atoms with Crippen LogP contribution in [0.3, 0.4) is 0 Å². The lowest BCUT2D eigenvalue weighted by Gasteiger charge is -2.21. The molecule has 0 unspecified atom stereocenters. The Labute approximate surface area is 197 Å². The molecular weight excluding hydrogens is 426 g/mol. The Morgan fingerprint density at radius 3 is 2.79 bits per heavy atom. The third kappa shape index (κ3) is 4.09. The van der Waals surface area contributed by atoms with Crippen molar-refractivity contribution in [3.05, 3.63) is 72.4 Å². The third-order valence-electron chi connectivity index (χ3n) is 6.06. The predicted molar refractivity (Wildman–Crippen MR) is 132 cm³/mol. The highest BCUT2D eigenvalue weighted by Crippen LogP contribution is 2.36. The summed E-state index contributed by atoms with van der Waals surface area (Å²) < 4.78 is 2.04. The zero-order valence-electron chi connectivity index (χ0n) is 18.9. The van der Waals surface area contributed by atoms with E-state index in [1.54, 1.807) is 36.7 Å². The molecule has 1 amide bonds. The van der Waals surface area contributed by atoms with Gasteiger partial charge in [0.25, 0.3) is 5.91 Å². The topological polar surface area (TPSA) is 101 Å². The average molecular weight is 452 g/mol. The molecule has 8 nitrogen and oxygen atoms in total. The molecule has 1 atom stereocenters. The number of pyridine rings is 1. The van der Waals surface area contributed by atoms with Crippen LogP contribution >= 0.6 is 0 Å². The molecule has 0 radical (unpaired) electrons. The van der Waals surface area contributed by atoms with Gasteiger partial charge in [-0.1, -0.05) is 24.1 Å². The number of rotatable bonds is 5. The Bertz CT molecular complexity index is 1380. The van der Waals surface area contributed by atoms with Gasteiger partial charge in [0.1, 0.15) is 28.7 Å². The molecule has 1 fully saturated rings. The number of carbonyl (C=O) groups excluding carboxylic acids is 1. The number of benzene rings is 1. The van der Waals surface area contributed by atoms with Crippen LogP contribution in [0.1, 0.15) is 42.0 Å². The number of carbonyl (C=O) groups is 1. The van der Waals surface area contributed by atoms with Crippen molar-refractivity contribution in [1.82, 2.24) is 24.3 Å². The van der Waals surface area contributed by atoms with Crippen molar-refractivity contribution in [3.8, 4) is 23.1 Å². The van der Waals surface area contributed by atoms with Gasteiger partial charge in [0.2, 0.25) is 0 Å². The fourth-order valence-corrected chi connectivity index (χ4v) is 4.42. The van der Waals surface area contributed by atoms with E-state index in [0.29, 0.717) is 23.7 Å². The molecule has 1 aliphatic rings. The van der Waals surface area contributed by atoms with E-state index in [9.17, 15) is 4.79 Å². The van der Waals surface area contributed by atoms with Gasteiger partial charge in [-0.05, 0) is 50.6 Å². The Kier molecular flexibility index (Phi) is 5.93. The van der Waals surface area contributed by atoms with Gasteiger partial charge in [-0.3, -0.25) is 14.1 Å². The molecule has 1 aliphatic heterocycles. The zero-order valence-corrected chi connectivity index (χ0v) is 18.9. The van der Waals surface area contributed by atoms with Gasteiger partial charge in [-0.25, -0.2) is 15.0 Å². The maximum absolute atomic E-state index is 12.6. The summed E-state index contributed by atoms with van der Waals surface area (Å²) in [5.41, 5.74) is 9.24. The number of fused-ring (bicyclic) bond motifs is 1. The number of nitrogens with two attached hydrogens (primary N) is 1. The van der Waals surface area contributed by atoms with Gasteiger partial charge in [0, 0.05) is 29.7 Å². The molecule has 4 aromatic rings. The normalized spacial score (nSPS) is 15.7. The number of nitrogens with zero attached hydrogens (tertiary/aromatic N) is 5. The lowest BCUT2D eigenvalue weighted by Crippen LogP contribution is -2.25. The second kappa shape index (κ2) is 9.33. The summed E-state index contributed by atoms with van der Waals surface area (Å²) in [5.74, 6) is 7.82. The summed E-state index contributed by atoms with van der Waals surface area (Å²) in [6.45, 7) is 3.57. The smallest absolute Gasteiger partial charge is 0.256 e. The molecule has 34 heavy (non-hydrogen) atoms. The Hall–Kier alpha value is -4.22. The molecule has 1 saturated heterocycles. The summed E-state index contributed by atoms with van der Waals surface area (Å²) in [6, 6.07) is 12.9. The van der Waals surface area contributed by atoms with Crippen LogP contribution < -0.4 is 11.1 Å². The van der Waals surface area contributed by atoms with Gasteiger partial charge < -0.3 is 11.1 Å². The van der Waals surface area contributed by atoms with Gasteiger partial charge in [-0.2, -0.15) is 0 Å². The molecule has 0 bridgehead atoms. The predicted octanol–water partition coefficient (Wildman–Crippen LogP) is 3.79. The molecule has 0 aliphatic carbocycles. The van der Waals surface area contributed by atoms with E-state index in [1.165, 1.54) is 0 Å². The molecule has 3 N–H and O–H groups in total. The fraction of sp³-hybridized carbons (Fsp3) is 0.231. The monoisotopic (exact) mass is 451 g/mol. The number of amides is 1. The van der Waals surface area contributed by atoms with E-state index in [0.717, 1.165) is 42.0 Å². The Morgan fingerprint density at radius 2 is 2.03 bits per heavy atom. The molecular formula is C26H25N7O. The number of nitrogen functional groups attached to an aromatic ring is 1. The molecule has 3 aromatic heterocycles. The Morgan fingerprint density at radius 1 is 1.18 bits per heavy atom. The van der Waals surface area contributed by atoms with Crippen LogP contribution in [0, 0.1) is 11.8 Å². The molecule has 1 aromatic carbocycles. The van der Waals surface area contributed by atoms with Crippen molar-refractivity contribution in [2.45, 2.75) is 25.8 Å². The van der Waals surface area contributed by atoms with Crippen LogP contribution in [-0.2, 0) is 0 Å². The Balaban J connectivity index is 1.49. The van der Waals surface area contributed by atoms with E-state index in [4.69, 9.17) is 10.7 Å². The zero-order chi connectivity index (χ0) is 23.5. The maximum atomic E-state index is 12.6. The van der Waals surface area contributed by atoms with Gasteiger partial charge in [0.05, 0.1) is 12.6 Å². The van der Waals surface area contributed by atoms with Gasteiger partial charge in [0.15, 0.2) is 0 Å². The molecule has 0 saturated carbocycles. The highest BCUT2D eigenvalue weighted by Gasteiger charge is 2.30. The first-order chi connectivity index (χ1) is 16.7. The highest BCUT2D eigenvalue weighted by molar-refractivity contribution is 6.04. The van der Waals surface area contributed by atoms with Crippen molar-refractivity contribution >= 4 is 23.1 Å². The van der Waals surface area contributed by atoms with Crippen molar-refractivity contribution in [1.29, 1.82) is 0 Å². The van der Waals surface area contributed by atoms with Crippen LogP contribution in [0.2, 0.25) is 0 Å². The first kappa shape index (κ1) is 21.6. The van der Waals surface area contributed by atoms with Crippen LogP contribution in [-0.4, -0.2) is 43.2 Å². The van der Waals surface area contributed by atoms with Crippen molar-refractivity contribution < 1.29 is 4.79 Å². The number of aromatic nitrogens is 4. The minimum Gasteiger partial charge on any atom is -0.382 e. The lowest BCUT2D eigenvalue weighted by atomic mass is 10.1. The van der Waals surface area contributed by atoms with E-state index in [2.05, 4.69) is 32.0 Å². The number of hydrogen-bond acceptors (Lipinski definition) is 6. The van der Waals surface area contributed by atoms with Gasteiger partial charge >= 0.3 is 0 Å². The SMILES string of the molecule is CC#CCN1CCC[C@H]1c1nc(-c2ccc(C(=O)Nc3ccccn3)cc2)c2c(N)nccn12. The molecule has 4 heterocycles. The van der Waals surface area contributed by atoms with E-state index < -0.39 is 0 Å².